The molecule has 0 saturated heterocycles. The van der Waals surface area contributed by atoms with Gasteiger partial charge in [-0.1, -0.05) is 12.8 Å². The van der Waals surface area contributed by atoms with Gasteiger partial charge in [0.05, 0.1) is 17.9 Å². The number of aromatic nitrogens is 2. The molecular formula is C10H18N6. The normalized spacial score (nSPS) is 17.8. The van der Waals surface area contributed by atoms with Crippen LogP contribution in [0, 0.1) is 0 Å². The maximum atomic E-state index is 5.44. The third kappa shape index (κ3) is 2.73. The van der Waals surface area contributed by atoms with E-state index in [9.17, 15) is 0 Å². The first-order chi connectivity index (χ1) is 7.78. The minimum Gasteiger partial charge on any atom is -0.323 e. The molecule has 1 aliphatic rings. The van der Waals surface area contributed by atoms with Crippen molar-refractivity contribution in [3.8, 4) is 0 Å². The molecule has 0 atom stereocenters. The molecular weight excluding hydrogens is 204 g/mol. The maximum absolute atomic E-state index is 5.44. The maximum Gasteiger partial charge on any atom is 0.210 e. The first-order valence-electron chi connectivity index (χ1n) is 5.58. The highest BCUT2D eigenvalue weighted by atomic mass is 15.3. The van der Waals surface area contributed by atoms with Crippen LogP contribution < -0.4 is 16.6 Å². The Morgan fingerprint density at radius 2 is 2.31 bits per heavy atom. The lowest BCUT2D eigenvalue weighted by Crippen LogP contribution is -2.37. The molecule has 2 rings (SSSR count). The quantitative estimate of drug-likeness (QED) is 0.296. The van der Waals surface area contributed by atoms with E-state index < -0.39 is 0 Å². The smallest absolute Gasteiger partial charge is 0.210 e. The molecule has 1 aromatic heterocycles. The molecule has 4 N–H and O–H groups in total. The number of hydrogen-bond donors (Lipinski definition) is 3. The minimum atomic E-state index is 0.398. The standard InChI is InChI=1S/C10H18N6/c1-16-7-9(6-12-16)14-10(15-11)13-8-4-2-3-5-8/h6-8H,2-5,11H2,1H3,(H2,13,14,15). The Labute approximate surface area is 94.9 Å². The van der Waals surface area contributed by atoms with E-state index in [2.05, 4.69) is 20.8 Å². The zero-order valence-corrected chi connectivity index (χ0v) is 9.48. The van der Waals surface area contributed by atoms with Crippen molar-refractivity contribution in [3.05, 3.63) is 12.4 Å². The monoisotopic (exact) mass is 222 g/mol. The van der Waals surface area contributed by atoms with E-state index in [1.54, 1.807) is 10.9 Å². The third-order valence-electron chi connectivity index (χ3n) is 2.74. The van der Waals surface area contributed by atoms with Crippen LogP contribution in [0.1, 0.15) is 25.7 Å². The number of rotatable bonds is 2. The SMILES string of the molecule is Cn1cc(NC(=NC2CCCC2)NN)cn1. The number of hydrogen-bond acceptors (Lipinski definition) is 3. The zero-order valence-electron chi connectivity index (χ0n) is 9.48. The Morgan fingerprint density at radius 3 is 2.88 bits per heavy atom. The summed E-state index contributed by atoms with van der Waals surface area (Å²) in [4.78, 5) is 4.53. The summed E-state index contributed by atoms with van der Waals surface area (Å²) in [5, 5.41) is 7.17. The molecule has 6 nitrogen and oxygen atoms in total. The number of hydrazine groups is 1. The summed E-state index contributed by atoms with van der Waals surface area (Å²) in [6.45, 7) is 0. The molecule has 0 radical (unpaired) electrons. The molecule has 1 aromatic rings. The molecule has 0 bridgehead atoms. The average molecular weight is 222 g/mol. The summed E-state index contributed by atoms with van der Waals surface area (Å²) >= 11 is 0. The molecule has 0 amide bonds. The van der Waals surface area contributed by atoms with Crippen LogP contribution >= 0.6 is 0 Å². The second kappa shape index (κ2) is 4.98. The van der Waals surface area contributed by atoms with Crippen LogP contribution in [0.15, 0.2) is 17.4 Å². The minimum absolute atomic E-state index is 0.398. The average Bonchev–Trinajstić information content (AvgIpc) is 2.89. The van der Waals surface area contributed by atoms with Crippen molar-refractivity contribution in [3.63, 3.8) is 0 Å². The molecule has 0 aromatic carbocycles. The summed E-state index contributed by atoms with van der Waals surface area (Å²) in [5.41, 5.74) is 3.47. The number of nitrogens with one attached hydrogen (secondary N) is 2. The summed E-state index contributed by atoms with van der Waals surface area (Å²) in [5.74, 6) is 6.05. The largest absolute Gasteiger partial charge is 0.323 e. The lowest BCUT2D eigenvalue weighted by molar-refractivity contribution is 0.700. The second-order valence-electron chi connectivity index (χ2n) is 4.09. The van der Waals surface area contributed by atoms with E-state index in [-0.39, 0.29) is 0 Å². The number of nitrogens with zero attached hydrogens (tertiary/aromatic N) is 3. The number of anilines is 1. The highest BCUT2D eigenvalue weighted by Crippen LogP contribution is 2.20. The summed E-state index contributed by atoms with van der Waals surface area (Å²) in [7, 11) is 1.87. The van der Waals surface area contributed by atoms with Crippen molar-refractivity contribution >= 4 is 11.6 Å². The van der Waals surface area contributed by atoms with E-state index in [4.69, 9.17) is 5.84 Å². The van der Waals surface area contributed by atoms with Gasteiger partial charge in [0.15, 0.2) is 0 Å². The predicted molar refractivity (Wildman–Crippen MR) is 63.8 cm³/mol. The van der Waals surface area contributed by atoms with Gasteiger partial charge in [0, 0.05) is 13.2 Å². The Hall–Kier alpha value is -1.56. The molecule has 1 fully saturated rings. The van der Waals surface area contributed by atoms with E-state index in [1.807, 2.05) is 13.2 Å². The lowest BCUT2D eigenvalue weighted by Gasteiger charge is -2.09. The summed E-state index contributed by atoms with van der Waals surface area (Å²) in [6.07, 6.45) is 8.45. The molecule has 1 heterocycles. The molecule has 88 valence electrons. The summed E-state index contributed by atoms with van der Waals surface area (Å²) < 4.78 is 1.73. The second-order valence-corrected chi connectivity index (χ2v) is 4.09. The fourth-order valence-electron chi connectivity index (χ4n) is 1.94. The molecule has 0 aliphatic heterocycles. The molecule has 1 saturated carbocycles. The van der Waals surface area contributed by atoms with Gasteiger partial charge in [-0.15, -0.1) is 0 Å². The predicted octanol–water partition coefficient (Wildman–Crippen LogP) is 0.594. The van der Waals surface area contributed by atoms with Crippen LogP contribution in [0.4, 0.5) is 5.69 Å². The topological polar surface area (TPSA) is 80.3 Å². The molecule has 16 heavy (non-hydrogen) atoms. The molecule has 6 heteroatoms. The third-order valence-corrected chi connectivity index (χ3v) is 2.74. The van der Waals surface area contributed by atoms with E-state index >= 15 is 0 Å². The fraction of sp³-hybridized carbons (Fsp3) is 0.600. The van der Waals surface area contributed by atoms with E-state index in [0.29, 0.717) is 12.0 Å². The van der Waals surface area contributed by atoms with Crippen LogP contribution in [0.25, 0.3) is 0 Å². The molecule has 0 unspecified atom stereocenters. The van der Waals surface area contributed by atoms with Crippen LogP contribution in [0.2, 0.25) is 0 Å². The van der Waals surface area contributed by atoms with Gasteiger partial charge in [-0.05, 0) is 12.8 Å². The van der Waals surface area contributed by atoms with Crippen LogP contribution in [0.3, 0.4) is 0 Å². The Bertz CT molecular complexity index is 363. The van der Waals surface area contributed by atoms with Gasteiger partial charge in [-0.25, -0.2) is 10.8 Å². The van der Waals surface area contributed by atoms with Crippen molar-refractivity contribution in [2.24, 2.45) is 17.9 Å². The highest BCUT2D eigenvalue weighted by molar-refractivity contribution is 5.93. The van der Waals surface area contributed by atoms with Crippen molar-refractivity contribution in [2.75, 3.05) is 5.32 Å². The zero-order chi connectivity index (χ0) is 11.4. The van der Waals surface area contributed by atoms with Crippen molar-refractivity contribution in [1.29, 1.82) is 0 Å². The van der Waals surface area contributed by atoms with Gasteiger partial charge in [-0.3, -0.25) is 10.1 Å². The van der Waals surface area contributed by atoms with Gasteiger partial charge < -0.3 is 5.32 Å². The number of aliphatic imine (C=N–C) groups is 1. The Kier molecular flexibility index (Phi) is 3.40. The first-order valence-corrected chi connectivity index (χ1v) is 5.58. The lowest BCUT2D eigenvalue weighted by atomic mass is 10.3. The number of aryl methyl sites for hydroxylation is 1. The van der Waals surface area contributed by atoms with Crippen LogP contribution in [-0.4, -0.2) is 21.8 Å². The summed E-state index contributed by atoms with van der Waals surface area (Å²) in [6, 6.07) is 0.398. The van der Waals surface area contributed by atoms with Crippen molar-refractivity contribution in [2.45, 2.75) is 31.7 Å². The van der Waals surface area contributed by atoms with Crippen LogP contribution in [0.5, 0.6) is 0 Å². The number of nitrogens with two attached hydrogens (primary N) is 1. The fourth-order valence-corrected chi connectivity index (χ4v) is 1.94. The Morgan fingerprint density at radius 1 is 1.56 bits per heavy atom. The van der Waals surface area contributed by atoms with Crippen LogP contribution in [-0.2, 0) is 7.05 Å². The first kappa shape index (κ1) is 10.9. The van der Waals surface area contributed by atoms with E-state index in [0.717, 1.165) is 18.5 Å². The van der Waals surface area contributed by atoms with Gasteiger partial charge in [0.1, 0.15) is 0 Å². The van der Waals surface area contributed by atoms with Gasteiger partial charge in [0.25, 0.3) is 0 Å². The number of guanidine groups is 1. The van der Waals surface area contributed by atoms with Gasteiger partial charge >= 0.3 is 0 Å². The highest BCUT2D eigenvalue weighted by Gasteiger charge is 2.14. The van der Waals surface area contributed by atoms with Gasteiger partial charge in [-0.2, -0.15) is 5.10 Å². The molecule has 0 spiro atoms. The molecule has 1 aliphatic carbocycles. The van der Waals surface area contributed by atoms with Crippen molar-refractivity contribution in [1.82, 2.24) is 15.2 Å². The Balaban J connectivity index is 1.99. The van der Waals surface area contributed by atoms with Crippen molar-refractivity contribution < 1.29 is 0 Å². The van der Waals surface area contributed by atoms with Gasteiger partial charge in [0.2, 0.25) is 5.96 Å². The van der Waals surface area contributed by atoms with E-state index in [1.165, 1.54) is 12.8 Å².